The molecule has 0 spiro atoms. The van der Waals surface area contributed by atoms with Crippen LogP contribution in [0.15, 0.2) is 41.6 Å². The van der Waals surface area contributed by atoms with E-state index in [2.05, 4.69) is 24.3 Å². The maximum absolute atomic E-state index is 13.4. The van der Waals surface area contributed by atoms with Crippen molar-refractivity contribution in [1.82, 2.24) is 15.1 Å². The van der Waals surface area contributed by atoms with Gasteiger partial charge < -0.3 is 5.32 Å². The minimum Gasteiger partial charge on any atom is -0.353 e. The molecule has 5 rings (SSSR count). The molecule has 1 N–H and O–H groups in total. The predicted octanol–water partition coefficient (Wildman–Crippen LogP) is 6.63. The summed E-state index contributed by atoms with van der Waals surface area (Å²) in [4.78, 5) is 12.8. The fraction of sp³-hybridized carbons (Fsp3) is 0.586. The number of allylic oxidation sites excluding steroid dienone is 2. The first-order valence-electron chi connectivity index (χ1n) is 13.4. The number of halogens is 1. The number of aromatic nitrogens is 2. The van der Waals surface area contributed by atoms with E-state index < -0.39 is 0 Å². The lowest BCUT2D eigenvalue weighted by atomic mass is 9.78. The minimum absolute atomic E-state index is 0.223. The largest absolute Gasteiger partial charge is 0.353 e. The molecule has 1 heterocycles. The molecule has 1 saturated carbocycles. The maximum Gasteiger partial charge on any atom is 0.220 e. The predicted molar refractivity (Wildman–Crippen MR) is 133 cm³/mol. The zero-order chi connectivity index (χ0) is 23.7. The Kier molecular flexibility index (Phi) is 6.89. The lowest BCUT2D eigenvalue weighted by Crippen LogP contribution is -2.37. The number of hydrogen-bond acceptors (Lipinski definition) is 2. The highest BCUT2D eigenvalue weighted by Crippen LogP contribution is 2.48. The zero-order valence-electron chi connectivity index (χ0n) is 20.7. The van der Waals surface area contributed by atoms with Crippen LogP contribution in [0.5, 0.6) is 0 Å². The Bertz CT molecular complexity index is 1050. The summed E-state index contributed by atoms with van der Waals surface area (Å²) in [6.07, 6.45) is 14.2. The molecule has 1 unspecified atom stereocenters. The number of amides is 1. The van der Waals surface area contributed by atoms with Gasteiger partial charge in [0.2, 0.25) is 5.91 Å². The van der Waals surface area contributed by atoms with Gasteiger partial charge in [0, 0.05) is 30.4 Å². The number of benzene rings is 1. The molecule has 182 valence electrons. The van der Waals surface area contributed by atoms with E-state index in [-0.39, 0.29) is 17.8 Å². The first-order valence-corrected chi connectivity index (χ1v) is 13.4. The van der Waals surface area contributed by atoms with Crippen molar-refractivity contribution in [3.8, 4) is 5.69 Å². The van der Waals surface area contributed by atoms with Gasteiger partial charge in [-0.2, -0.15) is 5.10 Å². The second-order valence-corrected chi connectivity index (χ2v) is 10.8. The van der Waals surface area contributed by atoms with E-state index >= 15 is 0 Å². The first kappa shape index (κ1) is 23.3. The van der Waals surface area contributed by atoms with Crippen LogP contribution in [0, 0.1) is 17.7 Å². The molecule has 1 aromatic carbocycles. The molecule has 5 heteroatoms. The van der Waals surface area contributed by atoms with Gasteiger partial charge in [-0.1, -0.05) is 44.3 Å². The molecule has 3 aliphatic carbocycles. The Labute approximate surface area is 203 Å². The normalized spacial score (nSPS) is 23.1. The molecular formula is C29H38FN3O. The number of rotatable bonds is 8. The van der Waals surface area contributed by atoms with Crippen molar-refractivity contribution in [3.05, 3.63) is 58.7 Å². The number of nitrogens with zero attached hydrogens (tertiary/aromatic N) is 2. The van der Waals surface area contributed by atoms with Crippen LogP contribution in [0.3, 0.4) is 0 Å². The van der Waals surface area contributed by atoms with E-state index in [0.29, 0.717) is 24.2 Å². The Morgan fingerprint density at radius 2 is 1.97 bits per heavy atom. The Balaban J connectivity index is 1.29. The van der Waals surface area contributed by atoms with Crippen molar-refractivity contribution in [2.45, 2.75) is 96.4 Å². The first-order chi connectivity index (χ1) is 16.5. The van der Waals surface area contributed by atoms with E-state index in [1.54, 1.807) is 23.3 Å². The third-order valence-electron chi connectivity index (χ3n) is 8.45. The molecule has 3 aliphatic rings. The van der Waals surface area contributed by atoms with Crippen molar-refractivity contribution < 1.29 is 9.18 Å². The summed E-state index contributed by atoms with van der Waals surface area (Å²) >= 11 is 0. The fourth-order valence-corrected chi connectivity index (χ4v) is 6.84. The second kappa shape index (κ2) is 10.1. The highest BCUT2D eigenvalue weighted by molar-refractivity contribution is 5.76. The van der Waals surface area contributed by atoms with Gasteiger partial charge in [-0.3, -0.25) is 4.79 Å². The highest BCUT2D eigenvalue weighted by Gasteiger charge is 2.37. The molecule has 34 heavy (non-hydrogen) atoms. The number of fused-ring (bicyclic) bond motifs is 1. The van der Waals surface area contributed by atoms with Gasteiger partial charge in [0.05, 0.1) is 17.6 Å². The number of carbonyl (C=O) groups excluding carboxylic acids is 1. The topological polar surface area (TPSA) is 46.9 Å². The molecule has 1 amide bonds. The highest BCUT2D eigenvalue weighted by atomic mass is 19.1. The molecule has 1 aromatic heterocycles. The van der Waals surface area contributed by atoms with Crippen LogP contribution in [-0.2, 0) is 11.2 Å². The maximum atomic E-state index is 13.4. The molecule has 0 bridgehead atoms. The molecule has 0 radical (unpaired) electrons. The third-order valence-corrected chi connectivity index (χ3v) is 8.45. The van der Waals surface area contributed by atoms with E-state index in [0.717, 1.165) is 37.8 Å². The van der Waals surface area contributed by atoms with Crippen molar-refractivity contribution >= 4 is 5.91 Å². The van der Waals surface area contributed by atoms with Gasteiger partial charge in [0.25, 0.3) is 0 Å². The van der Waals surface area contributed by atoms with Crippen molar-refractivity contribution in [2.24, 2.45) is 11.8 Å². The van der Waals surface area contributed by atoms with Crippen LogP contribution < -0.4 is 5.32 Å². The van der Waals surface area contributed by atoms with Crippen LogP contribution >= 0.6 is 0 Å². The van der Waals surface area contributed by atoms with Crippen LogP contribution in [0.2, 0.25) is 0 Å². The molecule has 0 saturated heterocycles. The van der Waals surface area contributed by atoms with E-state index in [9.17, 15) is 9.18 Å². The summed E-state index contributed by atoms with van der Waals surface area (Å²) < 4.78 is 15.4. The van der Waals surface area contributed by atoms with Crippen LogP contribution in [-0.4, -0.2) is 21.7 Å². The van der Waals surface area contributed by atoms with Gasteiger partial charge in [0.1, 0.15) is 5.82 Å². The summed E-state index contributed by atoms with van der Waals surface area (Å²) in [6.45, 7) is 4.53. The molecular weight excluding hydrogens is 425 g/mol. The quantitative estimate of drug-likeness (QED) is 0.447. The smallest absolute Gasteiger partial charge is 0.220 e. The van der Waals surface area contributed by atoms with Crippen LogP contribution in [0.4, 0.5) is 4.39 Å². The summed E-state index contributed by atoms with van der Waals surface area (Å²) in [7, 11) is 0. The average Bonchev–Trinajstić information content (AvgIpc) is 3.56. The van der Waals surface area contributed by atoms with Gasteiger partial charge in [-0.15, -0.1) is 0 Å². The molecule has 2 aromatic rings. The average molecular weight is 464 g/mol. The fourth-order valence-electron chi connectivity index (χ4n) is 6.84. The van der Waals surface area contributed by atoms with Gasteiger partial charge in [0.15, 0.2) is 0 Å². The van der Waals surface area contributed by atoms with Gasteiger partial charge in [-0.25, -0.2) is 9.07 Å². The SMILES string of the molecule is CCCC(C[C@H]1CCC2=C1[C@@H](C)c1cnn(-c3ccc(F)cc3)c1C2)NC(=O)CC1CCCC1. The standard InChI is InChI=1S/C29H38FN3O/c1-3-6-24(32-28(34)15-20-7-4-5-8-20)16-21-9-10-22-17-27-26(19(2)29(21)22)18-31-33(27)25-13-11-23(30)12-14-25/h11-14,18-21,24H,3-10,15-17H2,1-2H3,(H,32,34)/t19-,21+,24?/m0/s1. The van der Waals surface area contributed by atoms with Gasteiger partial charge >= 0.3 is 0 Å². The number of carbonyl (C=O) groups is 1. The van der Waals surface area contributed by atoms with E-state index in [4.69, 9.17) is 0 Å². The summed E-state index contributed by atoms with van der Waals surface area (Å²) in [6, 6.07) is 6.88. The van der Waals surface area contributed by atoms with E-state index in [1.807, 2.05) is 10.9 Å². The molecule has 3 atom stereocenters. The lowest BCUT2D eigenvalue weighted by molar-refractivity contribution is -0.122. The number of nitrogens with one attached hydrogen (secondary N) is 1. The summed E-state index contributed by atoms with van der Waals surface area (Å²) in [5, 5.41) is 8.11. The second-order valence-electron chi connectivity index (χ2n) is 10.8. The summed E-state index contributed by atoms with van der Waals surface area (Å²) in [5.41, 5.74) is 6.61. The minimum atomic E-state index is -0.223. The summed E-state index contributed by atoms with van der Waals surface area (Å²) in [5.74, 6) is 1.51. The van der Waals surface area contributed by atoms with Crippen molar-refractivity contribution in [3.63, 3.8) is 0 Å². The lowest BCUT2D eigenvalue weighted by Gasteiger charge is -2.29. The van der Waals surface area contributed by atoms with Crippen LogP contribution in [0.25, 0.3) is 5.69 Å². The molecule has 1 fully saturated rings. The van der Waals surface area contributed by atoms with Crippen molar-refractivity contribution in [2.75, 3.05) is 0 Å². The zero-order valence-corrected chi connectivity index (χ0v) is 20.7. The van der Waals surface area contributed by atoms with Crippen molar-refractivity contribution in [1.29, 1.82) is 0 Å². The number of hydrogen-bond donors (Lipinski definition) is 1. The Morgan fingerprint density at radius 3 is 2.71 bits per heavy atom. The van der Waals surface area contributed by atoms with Gasteiger partial charge in [-0.05, 0) is 74.6 Å². The van der Waals surface area contributed by atoms with Crippen LogP contribution in [0.1, 0.15) is 95.2 Å². The molecule has 4 nitrogen and oxygen atoms in total. The van der Waals surface area contributed by atoms with E-state index in [1.165, 1.54) is 55.5 Å². The Morgan fingerprint density at radius 1 is 1.21 bits per heavy atom. The third kappa shape index (κ3) is 4.71. The molecule has 0 aliphatic heterocycles. The Hall–Kier alpha value is -2.43. The monoisotopic (exact) mass is 463 g/mol.